The highest BCUT2D eigenvalue weighted by atomic mass is 35.5. The Bertz CT molecular complexity index is 1730. The van der Waals surface area contributed by atoms with Crippen LogP contribution in [-0.2, 0) is 6.42 Å². The van der Waals surface area contributed by atoms with E-state index in [9.17, 15) is 5.26 Å². The van der Waals surface area contributed by atoms with Gasteiger partial charge in [-0.25, -0.2) is 0 Å². The number of benzene rings is 3. The van der Waals surface area contributed by atoms with Crippen LogP contribution in [-0.4, -0.2) is 22.6 Å². The van der Waals surface area contributed by atoms with Crippen LogP contribution in [0.2, 0.25) is 10.0 Å². The third-order valence-electron chi connectivity index (χ3n) is 7.49. The second-order valence-corrected chi connectivity index (χ2v) is 11.4. The SMILES string of the molecule is Cc1ccc(Nc2c(C#N)cnc3c(Cl)cc(N[C@H](C4=CN(C(C)C)NN4)c4cccc5c4CCN5)cc23)cc1Cl. The standard InChI is InChI=1S/C31H30Cl2N8/c1-17(2)41-16-28(39-40-41)31(23-5-4-6-27-22(23)9-10-35-27)38-21-11-24-29(37-20-8-7-18(3)25(32)12-20)19(14-34)15-36-30(24)26(33)13-21/h4-8,11-13,15-17,31,35,38-40H,9-10H2,1-3H3,(H,36,37)/t31-/m0/s1. The lowest BCUT2D eigenvalue weighted by molar-refractivity contribution is 0.221. The molecular weight excluding hydrogens is 555 g/mol. The van der Waals surface area contributed by atoms with Crippen LogP contribution in [0.5, 0.6) is 0 Å². The smallest absolute Gasteiger partial charge is 0.103 e. The van der Waals surface area contributed by atoms with E-state index in [0.29, 0.717) is 26.8 Å². The Morgan fingerprint density at radius 1 is 1.07 bits per heavy atom. The Balaban J connectivity index is 1.46. The third kappa shape index (κ3) is 5.20. The summed E-state index contributed by atoms with van der Waals surface area (Å²) >= 11 is 13.2. The molecule has 0 aliphatic carbocycles. The zero-order valence-electron chi connectivity index (χ0n) is 22.9. The molecule has 0 spiro atoms. The number of anilines is 4. The summed E-state index contributed by atoms with van der Waals surface area (Å²) in [6.45, 7) is 7.11. The molecule has 2 aliphatic rings. The summed E-state index contributed by atoms with van der Waals surface area (Å²) in [6, 6.07) is 18.3. The van der Waals surface area contributed by atoms with Crippen LogP contribution in [0.1, 0.15) is 42.1 Å². The summed E-state index contributed by atoms with van der Waals surface area (Å²) in [4.78, 5) is 4.52. The van der Waals surface area contributed by atoms with Gasteiger partial charge in [0.1, 0.15) is 6.07 Å². The van der Waals surface area contributed by atoms with Crippen LogP contribution in [0.3, 0.4) is 0 Å². The number of halogens is 2. The number of nitriles is 1. The van der Waals surface area contributed by atoms with Crippen LogP contribution in [0.4, 0.5) is 22.7 Å². The van der Waals surface area contributed by atoms with E-state index in [-0.39, 0.29) is 12.1 Å². The second kappa shape index (κ2) is 11.0. The van der Waals surface area contributed by atoms with E-state index < -0.39 is 0 Å². The quantitative estimate of drug-likeness (QED) is 0.156. The van der Waals surface area contributed by atoms with Gasteiger partial charge >= 0.3 is 0 Å². The van der Waals surface area contributed by atoms with Crippen molar-refractivity contribution in [3.8, 4) is 6.07 Å². The summed E-state index contributed by atoms with van der Waals surface area (Å²) in [7, 11) is 0. The van der Waals surface area contributed by atoms with Gasteiger partial charge in [0.15, 0.2) is 0 Å². The number of hydrazine groups is 2. The van der Waals surface area contributed by atoms with Crippen molar-refractivity contribution in [2.45, 2.75) is 39.3 Å². The maximum atomic E-state index is 9.95. The highest BCUT2D eigenvalue weighted by molar-refractivity contribution is 6.36. The van der Waals surface area contributed by atoms with Crippen LogP contribution in [0.25, 0.3) is 10.9 Å². The first-order valence-corrected chi connectivity index (χ1v) is 14.3. The van der Waals surface area contributed by atoms with E-state index in [2.05, 4.69) is 76.2 Å². The fourth-order valence-corrected chi connectivity index (χ4v) is 5.73. The van der Waals surface area contributed by atoms with Crippen LogP contribution in [0.15, 0.2) is 66.6 Å². The van der Waals surface area contributed by atoms with Gasteiger partial charge in [-0.15, -0.1) is 5.53 Å². The first kappa shape index (κ1) is 27.0. The van der Waals surface area contributed by atoms with Crippen molar-refractivity contribution in [2.24, 2.45) is 0 Å². The minimum absolute atomic E-state index is 0.200. The number of nitrogens with zero attached hydrogens (tertiary/aromatic N) is 3. The van der Waals surface area contributed by atoms with Gasteiger partial charge in [-0.05, 0) is 74.2 Å². The molecule has 0 bridgehead atoms. The van der Waals surface area contributed by atoms with Gasteiger partial charge < -0.3 is 21.4 Å². The van der Waals surface area contributed by atoms with Crippen LogP contribution >= 0.6 is 23.2 Å². The number of pyridine rings is 1. The topological polar surface area (TPSA) is 100 Å². The van der Waals surface area contributed by atoms with Gasteiger partial charge in [-0.3, -0.25) is 9.99 Å². The van der Waals surface area contributed by atoms with E-state index >= 15 is 0 Å². The second-order valence-electron chi connectivity index (χ2n) is 10.6. The Kier molecular flexibility index (Phi) is 7.26. The van der Waals surface area contributed by atoms with Crippen LogP contribution < -0.4 is 26.9 Å². The summed E-state index contributed by atoms with van der Waals surface area (Å²) < 4.78 is 0. The molecule has 0 amide bonds. The van der Waals surface area contributed by atoms with Gasteiger partial charge in [-0.2, -0.15) is 5.26 Å². The molecular formula is C31H30Cl2N8. The number of hydrogen-bond donors (Lipinski definition) is 5. The fourth-order valence-electron chi connectivity index (χ4n) is 5.28. The zero-order chi connectivity index (χ0) is 28.7. The number of rotatable bonds is 7. The molecule has 0 saturated heterocycles. The predicted octanol–water partition coefficient (Wildman–Crippen LogP) is 7.16. The molecule has 4 aromatic rings. The van der Waals surface area contributed by atoms with E-state index in [1.54, 1.807) is 6.20 Å². The Labute approximate surface area is 249 Å². The number of aryl methyl sites for hydroxylation is 1. The number of nitrogens with one attached hydrogen (secondary N) is 5. The van der Waals surface area contributed by atoms with Gasteiger partial charge in [0, 0.05) is 52.5 Å². The maximum Gasteiger partial charge on any atom is 0.103 e. The molecule has 1 aromatic heterocycles. The highest BCUT2D eigenvalue weighted by Gasteiger charge is 2.28. The first-order valence-electron chi connectivity index (χ1n) is 13.5. The lowest BCUT2D eigenvalue weighted by Gasteiger charge is -2.24. The molecule has 0 fully saturated rings. The van der Waals surface area contributed by atoms with Gasteiger partial charge in [0.25, 0.3) is 0 Å². The molecule has 208 valence electrons. The van der Waals surface area contributed by atoms with Crippen molar-refractivity contribution in [2.75, 3.05) is 22.5 Å². The molecule has 2 aliphatic heterocycles. The summed E-state index contributed by atoms with van der Waals surface area (Å²) in [6.07, 6.45) is 4.58. The fraction of sp³-hybridized carbons (Fsp3) is 0.226. The number of aromatic nitrogens is 1. The lowest BCUT2D eigenvalue weighted by atomic mass is 9.96. The first-order chi connectivity index (χ1) is 19.8. The van der Waals surface area contributed by atoms with Gasteiger partial charge in [-0.1, -0.05) is 41.4 Å². The van der Waals surface area contributed by atoms with Crippen molar-refractivity contribution < 1.29 is 0 Å². The normalized spacial score (nSPS) is 14.8. The van der Waals surface area contributed by atoms with Crippen molar-refractivity contribution in [3.05, 3.63) is 98.9 Å². The van der Waals surface area contributed by atoms with Crippen molar-refractivity contribution in [1.82, 2.24) is 21.0 Å². The van der Waals surface area contributed by atoms with Crippen molar-refractivity contribution >= 4 is 56.9 Å². The highest BCUT2D eigenvalue weighted by Crippen LogP contribution is 2.39. The number of fused-ring (bicyclic) bond motifs is 2. The maximum absolute atomic E-state index is 9.95. The molecule has 0 saturated carbocycles. The monoisotopic (exact) mass is 584 g/mol. The van der Waals surface area contributed by atoms with E-state index in [0.717, 1.165) is 46.7 Å². The predicted molar refractivity (Wildman–Crippen MR) is 167 cm³/mol. The summed E-state index contributed by atoms with van der Waals surface area (Å²) in [5.41, 5.74) is 15.4. The molecule has 5 N–H and O–H groups in total. The average Bonchev–Trinajstić information content (AvgIpc) is 3.64. The Hall–Kier alpha value is -4.16. The van der Waals surface area contributed by atoms with E-state index in [1.165, 1.54) is 11.1 Å². The molecule has 8 nitrogen and oxygen atoms in total. The van der Waals surface area contributed by atoms with Crippen molar-refractivity contribution in [3.63, 3.8) is 0 Å². The molecule has 41 heavy (non-hydrogen) atoms. The third-order valence-corrected chi connectivity index (χ3v) is 8.18. The molecule has 6 rings (SSSR count). The zero-order valence-corrected chi connectivity index (χ0v) is 24.5. The molecule has 10 heteroatoms. The van der Waals surface area contributed by atoms with Crippen molar-refractivity contribution in [1.29, 1.82) is 5.26 Å². The van der Waals surface area contributed by atoms with Gasteiger partial charge in [0.05, 0.1) is 33.5 Å². The summed E-state index contributed by atoms with van der Waals surface area (Å²) in [5.74, 6) is 0. The summed E-state index contributed by atoms with van der Waals surface area (Å²) in [5, 5.41) is 24.5. The molecule has 3 aromatic carbocycles. The Morgan fingerprint density at radius 2 is 1.90 bits per heavy atom. The molecule has 1 atom stereocenters. The average molecular weight is 586 g/mol. The largest absolute Gasteiger partial charge is 0.384 e. The van der Waals surface area contributed by atoms with E-state index in [4.69, 9.17) is 23.2 Å². The minimum Gasteiger partial charge on any atom is -0.384 e. The molecule has 0 radical (unpaired) electrons. The molecule has 3 heterocycles. The Morgan fingerprint density at radius 3 is 2.66 bits per heavy atom. The lowest BCUT2D eigenvalue weighted by Crippen LogP contribution is -2.41. The van der Waals surface area contributed by atoms with Crippen LogP contribution in [0, 0.1) is 18.3 Å². The minimum atomic E-state index is -0.200. The number of hydrogen-bond acceptors (Lipinski definition) is 8. The molecule has 0 unspecified atom stereocenters. The van der Waals surface area contributed by atoms with E-state index in [1.807, 2.05) is 42.3 Å². The van der Waals surface area contributed by atoms with Gasteiger partial charge in [0.2, 0.25) is 0 Å².